The van der Waals surface area contributed by atoms with Crippen LogP contribution in [0, 0.1) is 11.8 Å². The first-order valence-corrected chi connectivity index (χ1v) is 9.85. The molecule has 0 radical (unpaired) electrons. The zero-order valence-corrected chi connectivity index (χ0v) is 16.3. The molecule has 1 heterocycles. The van der Waals surface area contributed by atoms with Gasteiger partial charge in [0, 0.05) is 12.5 Å². The summed E-state index contributed by atoms with van der Waals surface area (Å²) in [6.45, 7) is 9.06. The Balaban J connectivity index is 1.80. The highest BCUT2D eigenvalue weighted by Crippen LogP contribution is 2.22. The summed E-state index contributed by atoms with van der Waals surface area (Å²) in [6.07, 6.45) is 2.62. The third kappa shape index (κ3) is 6.13. The Hall–Kier alpha value is -1.88. The molecule has 1 fully saturated rings. The van der Waals surface area contributed by atoms with Gasteiger partial charge in [0.1, 0.15) is 0 Å². The molecule has 1 aliphatic heterocycles. The predicted octanol–water partition coefficient (Wildman–Crippen LogP) is 2.74. The number of amides is 2. The molecular weight excluding hydrogens is 326 g/mol. The molecule has 5 nitrogen and oxygen atoms in total. The quantitative estimate of drug-likeness (QED) is 0.750. The Kier molecular flexibility index (Phi) is 8.10. The summed E-state index contributed by atoms with van der Waals surface area (Å²) in [7, 11) is 0. The van der Waals surface area contributed by atoms with Crippen LogP contribution >= 0.6 is 0 Å². The van der Waals surface area contributed by atoms with Crippen molar-refractivity contribution in [3.05, 3.63) is 35.9 Å². The van der Waals surface area contributed by atoms with E-state index >= 15 is 0 Å². The van der Waals surface area contributed by atoms with Gasteiger partial charge >= 0.3 is 0 Å². The summed E-state index contributed by atoms with van der Waals surface area (Å²) in [5.41, 5.74) is 1.14. The van der Waals surface area contributed by atoms with Crippen LogP contribution in [0.5, 0.6) is 0 Å². The van der Waals surface area contributed by atoms with Crippen molar-refractivity contribution in [3.8, 4) is 0 Å². The third-order valence-corrected chi connectivity index (χ3v) is 5.02. The molecule has 0 bridgehead atoms. The van der Waals surface area contributed by atoms with Crippen molar-refractivity contribution in [3.63, 3.8) is 0 Å². The fourth-order valence-electron chi connectivity index (χ4n) is 3.46. The second-order valence-corrected chi connectivity index (χ2v) is 7.54. The summed E-state index contributed by atoms with van der Waals surface area (Å²) < 4.78 is 0. The molecule has 0 aromatic heterocycles. The van der Waals surface area contributed by atoms with Gasteiger partial charge in [-0.2, -0.15) is 0 Å². The van der Waals surface area contributed by atoms with Gasteiger partial charge in [-0.05, 0) is 43.8 Å². The van der Waals surface area contributed by atoms with Crippen LogP contribution < -0.4 is 10.6 Å². The zero-order valence-electron chi connectivity index (χ0n) is 16.3. The summed E-state index contributed by atoms with van der Waals surface area (Å²) in [4.78, 5) is 26.7. The van der Waals surface area contributed by atoms with Gasteiger partial charge in [0.2, 0.25) is 11.8 Å². The maximum atomic E-state index is 12.5. The number of rotatable bonds is 8. The van der Waals surface area contributed by atoms with E-state index in [0.717, 1.165) is 44.5 Å². The maximum Gasteiger partial charge on any atom is 0.234 e. The first kappa shape index (κ1) is 20.4. The molecule has 1 atom stereocenters. The number of piperidine rings is 1. The highest BCUT2D eigenvalue weighted by molar-refractivity contribution is 5.79. The Morgan fingerprint density at radius 1 is 1.15 bits per heavy atom. The van der Waals surface area contributed by atoms with E-state index < -0.39 is 0 Å². The zero-order chi connectivity index (χ0) is 18.9. The van der Waals surface area contributed by atoms with Crippen LogP contribution in [0.2, 0.25) is 0 Å². The van der Waals surface area contributed by atoms with E-state index in [1.807, 2.05) is 18.2 Å². The Morgan fingerprint density at radius 3 is 2.38 bits per heavy atom. The molecule has 2 amide bonds. The molecule has 144 valence electrons. The second kappa shape index (κ2) is 10.3. The minimum atomic E-state index is 0.0288. The van der Waals surface area contributed by atoms with Gasteiger partial charge in [0.15, 0.2) is 0 Å². The van der Waals surface area contributed by atoms with E-state index in [-0.39, 0.29) is 23.8 Å². The highest BCUT2D eigenvalue weighted by Gasteiger charge is 2.26. The van der Waals surface area contributed by atoms with Gasteiger partial charge in [-0.15, -0.1) is 0 Å². The largest absolute Gasteiger partial charge is 0.356 e. The van der Waals surface area contributed by atoms with Crippen molar-refractivity contribution in [2.24, 2.45) is 11.8 Å². The van der Waals surface area contributed by atoms with Crippen LogP contribution in [0.4, 0.5) is 0 Å². The number of nitrogens with one attached hydrogen (secondary N) is 2. The fourth-order valence-corrected chi connectivity index (χ4v) is 3.46. The van der Waals surface area contributed by atoms with Crippen LogP contribution in [0.3, 0.4) is 0 Å². The highest BCUT2D eigenvalue weighted by atomic mass is 16.2. The Bertz CT molecular complexity index is 566. The molecule has 1 aliphatic rings. The van der Waals surface area contributed by atoms with Crippen LogP contribution in [-0.4, -0.2) is 42.9 Å². The molecule has 1 aromatic rings. The average molecular weight is 360 g/mol. The van der Waals surface area contributed by atoms with Crippen molar-refractivity contribution in [2.75, 3.05) is 26.2 Å². The van der Waals surface area contributed by atoms with Gasteiger partial charge in [0.25, 0.3) is 0 Å². The van der Waals surface area contributed by atoms with E-state index in [1.165, 1.54) is 0 Å². The summed E-state index contributed by atoms with van der Waals surface area (Å²) in [6, 6.07) is 10.2. The van der Waals surface area contributed by atoms with Crippen molar-refractivity contribution in [1.29, 1.82) is 0 Å². The average Bonchev–Trinajstić information content (AvgIpc) is 2.65. The van der Waals surface area contributed by atoms with Crippen LogP contribution in [-0.2, 0) is 9.59 Å². The number of benzene rings is 1. The van der Waals surface area contributed by atoms with Gasteiger partial charge < -0.3 is 10.6 Å². The molecular formula is C21H33N3O2. The summed E-state index contributed by atoms with van der Waals surface area (Å²) in [5, 5.41) is 6.16. The molecule has 5 heteroatoms. The van der Waals surface area contributed by atoms with E-state index in [9.17, 15) is 9.59 Å². The van der Waals surface area contributed by atoms with Gasteiger partial charge in [-0.25, -0.2) is 0 Å². The molecule has 1 unspecified atom stereocenters. The van der Waals surface area contributed by atoms with E-state index in [1.54, 1.807) is 0 Å². The van der Waals surface area contributed by atoms with Crippen LogP contribution in [0.1, 0.15) is 51.6 Å². The van der Waals surface area contributed by atoms with Crippen molar-refractivity contribution >= 4 is 11.8 Å². The smallest absolute Gasteiger partial charge is 0.234 e. The van der Waals surface area contributed by atoms with E-state index in [0.29, 0.717) is 12.5 Å². The van der Waals surface area contributed by atoms with E-state index in [4.69, 9.17) is 0 Å². The van der Waals surface area contributed by atoms with Gasteiger partial charge in [-0.1, -0.05) is 51.1 Å². The van der Waals surface area contributed by atoms with E-state index in [2.05, 4.69) is 48.4 Å². The summed E-state index contributed by atoms with van der Waals surface area (Å²) >= 11 is 0. The number of hydrogen-bond acceptors (Lipinski definition) is 3. The SMILES string of the molecule is CCCNC(=O)C1CCN(CC(=O)NC(c2ccccc2)C(C)C)CC1. The van der Waals surface area contributed by atoms with Gasteiger partial charge in [0.05, 0.1) is 12.6 Å². The predicted molar refractivity (Wildman–Crippen MR) is 105 cm³/mol. The molecule has 0 aliphatic carbocycles. The Morgan fingerprint density at radius 2 is 1.81 bits per heavy atom. The fraction of sp³-hybridized carbons (Fsp3) is 0.619. The number of likely N-dealkylation sites (tertiary alicyclic amines) is 1. The molecule has 2 N–H and O–H groups in total. The number of nitrogens with zero attached hydrogens (tertiary/aromatic N) is 1. The van der Waals surface area contributed by atoms with Crippen LogP contribution in [0.25, 0.3) is 0 Å². The lowest BCUT2D eigenvalue weighted by Gasteiger charge is -2.31. The minimum Gasteiger partial charge on any atom is -0.356 e. The molecule has 0 saturated carbocycles. The topological polar surface area (TPSA) is 61.4 Å². The molecule has 1 saturated heterocycles. The standard InChI is InChI=1S/C21H33N3O2/c1-4-12-22-21(26)18-10-13-24(14-11-18)15-19(25)23-20(16(2)3)17-8-6-5-7-9-17/h5-9,16,18,20H,4,10-15H2,1-3H3,(H,22,26)(H,23,25). The van der Waals surface area contributed by atoms with Crippen molar-refractivity contribution in [2.45, 2.75) is 46.1 Å². The second-order valence-electron chi connectivity index (χ2n) is 7.54. The lowest BCUT2D eigenvalue weighted by Crippen LogP contribution is -2.45. The molecule has 2 rings (SSSR count). The lowest BCUT2D eigenvalue weighted by atomic mass is 9.95. The molecule has 26 heavy (non-hydrogen) atoms. The first-order valence-electron chi connectivity index (χ1n) is 9.85. The number of carbonyl (C=O) groups is 2. The lowest BCUT2D eigenvalue weighted by molar-refractivity contribution is -0.127. The monoisotopic (exact) mass is 359 g/mol. The Labute approximate surface area is 157 Å². The van der Waals surface area contributed by atoms with Crippen molar-refractivity contribution < 1.29 is 9.59 Å². The number of hydrogen-bond donors (Lipinski definition) is 2. The normalized spacial score (nSPS) is 17.1. The van der Waals surface area contributed by atoms with Crippen LogP contribution in [0.15, 0.2) is 30.3 Å². The summed E-state index contributed by atoms with van der Waals surface area (Å²) in [5.74, 6) is 0.643. The van der Waals surface area contributed by atoms with Crippen molar-refractivity contribution in [1.82, 2.24) is 15.5 Å². The minimum absolute atomic E-state index is 0.0288. The molecule has 0 spiro atoms. The maximum absolute atomic E-state index is 12.5. The first-order chi connectivity index (χ1) is 12.5. The molecule has 1 aromatic carbocycles. The third-order valence-electron chi connectivity index (χ3n) is 5.02. The number of carbonyl (C=O) groups excluding carboxylic acids is 2. The van der Waals surface area contributed by atoms with Gasteiger partial charge in [-0.3, -0.25) is 14.5 Å².